The Morgan fingerprint density at radius 2 is 2.05 bits per heavy atom. The molecule has 12 nitrogen and oxygen atoms in total. The Morgan fingerprint density at radius 3 is 2.88 bits per heavy atom. The van der Waals surface area contributed by atoms with E-state index in [1.807, 2.05) is 13.0 Å². The van der Waals surface area contributed by atoms with Gasteiger partial charge in [-0.15, -0.1) is 0 Å². The fraction of sp³-hybridized carbons (Fsp3) is 0.226. The van der Waals surface area contributed by atoms with E-state index >= 15 is 0 Å². The van der Waals surface area contributed by atoms with E-state index < -0.39 is 17.8 Å². The van der Waals surface area contributed by atoms with Gasteiger partial charge in [0.1, 0.15) is 23.7 Å². The predicted octanol–water partition coefficient (Wildman–Crippen LogP) is 3.06. The first kappa shape index (κ1) is 27.6. The van der Waals surface area contributed by atoms with Crippen LogP contribution in [-0.4, -0.2) is 51.5 Å². The maximum absolute atomic E-state index is 13.6. The number of hydrogen-bond donors (Lipinski definition) is 3. The van der Waals surface area contributed by atoms with Gasteiger partial charge >= 0.3 is 5.97 Å². The number of aromatic nitrogens is 3. The number of carbonyl (C=O) groups is 4. The molecule has 3 N–H and O–H groups in total. The Kier molecular flexibility index (Phi) is 7.33. The van der Waals surface area contributed by atoms with Crippen LogP contribution in [0.1, 0.15) is 66.1 Å². The lowest BCUT2D eigenvalue weighted by molar-refractivity contribution is -0.118. The maximum atomic E-state index is 13.6. The van der Waals surface area contributed by atoms with Crippen molar-refractivity contribution in [3.05, 3.63) is 101 Å². The molecule has 3 amide bonds. The summed E-state index contributed by atoms with van der Waals surface area (Å²) in [4.78, 5) is 55.1. The minimum Gasteiger partial charge on any atom is -0.482 e. The summed E-state index contributed by atoms with van der Waals surface area (Å²) in [5.41, 5.74) is 5.09. The molecule has 0 spiro atoms. The third-order valence-electron chi connectivity index (χ3n) is 7.51. The lowest BCUT2D eigenvalue weighted by atomic mass is 9.98. The summed E-state index contributed by atoms with van der Waals surface area (Å²) in [6, 6.07) is 11.5. The molecule has 0 unspecified atom stereocenters. The van der Waals surface area contributed by atoms with Crippen LogP contribution < -0.4 is 20.7 Å². The molecule has 3 heterocycles. The van der Waals surface area contributed by atoms with E-state index in [0.29, 0.717) is 35.5 Å². The van der Waals surface area contributed by atoms with E-state index in [0.717, 1.165) is 22.3 Å². The third kappa shape index (κ3) is 5.42. The van der Waals surface area contributed by atoms with Crippen molar-refractivity contribution in [3.8, 4) is 5.75 Å². The molecule has 0 saturated carbocycles. The molecule has 0 saturated heterocycles. The molecule has 2 aromatic carbocycles. The number of anilines is 1. The Bertz CT molecular complexity index is 1810. The fourth-order valence-corrected chi connectivity index (χ4v) is 5.40. The Morgan fingerprint density at radius 1 is 1.19 bits per heavy atom. The van der Waals surface area contributed by atoms with Gasteiger partial charge in [-0.3, -0.25) is 14.4 Å². The highest BCUT2D eigenvalue weighted by atomic mass is 16.5. The number of benzene rings is 2. The number of nitrogens with zero attached hydrogens (tertiary/aromatic N) is 3. The molecular formula is C31H28N6O6. The monoisotopic (exact) mass is 580 g/mol. The van der Waals surface area contributed by atoms with Crippen molar-refractivity contribution in [1.29, 1.82) is 0 Å². The van der Waals surface area contributed by atoms with Crippen LogP contribution in [-0.2, 0) is 22.5 Å². The quantitative estimate of drug-likeness (QED) is 0.212. The average Bonchev–Trinajstić information content (AvgIpc) is 3.65. The van der Waals surface area contributed by atoms with Crippen LogP contribution in [0.3, 0.4) is 0 Å². The Balaban J connectivity index is 1.18. The molecular weight excluding hydrogens is 552 g/mol. The Labute approximate surface area is 246 Å². The molecule has 0 bridgehead atoms. The first-order valence-electron chi connectivity index (χ1n) is 13.7. The molecule has 43 heavy (non-hydrogen) atoms. The minimum atomic E-state index is -0.478. The van der Waals surface area contributed by atoms with Crippen molar-refractivity contribution in [1.82, 2.24) is 25.2 Å². The zero-order valence-electron chi connectivity index (χ0n) is 23.3. The number of rotatable bonds is 8. The summed E-state index contributed by atoms with van der Waals surface area (Å²) in [5, 5.41) is 12.9. The average molecular weight is 581 g/mol. The maximum Gasteiger partial charge on any atom is 0.338 e. The van der Waals surface area contributed by atoms with Crippen LogP contribution in [0.25, 0.3) is 5.65 Å². The van der Waals surface area contributed by atoms with Crippen molar-refractivity contribution in [3.63, 3.8) is 0 Å². The lowest BCUT2D eigenvalue weighted by Crippen LogP contribution is -2.30. The van der Waals surface area contributed by atoms with Crippen molar-refractivity contribution in [2.24, 2.45) is 0 Å². The fourth-order valence-electron chi connectivity index (χ4n) is 5.40. The molecule has 1 aliphatic carbocycles. The molecule has 2 aliphatic rings. The second-order valence-electron chi connectivity index (χ2n) is 10.2. The molecule has 4 aromatic rings. The molecule has 12 heteroatoms. The molecule has 218 valence electrons. The number of amides is 3. The SMILES string of the molecule is C=CCOC(=O)c1ccc2c(c1C)CC[C@@H]2NC(=O)c1cc(C(=O)NCc2ccc3c(c2)NC(=O)CO3)nc2ccnn12. The van der Waals surface area contributed by atoms with Crippen LogP contribution >= 0.6 is 0 Å². The largest absolute Gasteiger partial charge is 0.482 e. The van der Waals surface area contributed by atoms with Gasteiger partial charge in [0.05, 0.1) is 23.5 Å². The molecule has 2 aromatic heterocycles. The van der Waals surface area contributed by atoms with E-state index in [9.17, 15) is 19.2 Å². The minimum absolute atomic E-state index is 0.0393. The van der Waals surface area contributed by atoms with E-state index in [1.165, 1.54) is 22.9 Å². The highest BCUT2D eigenvalue weighted by Gasteiger charge is 2.29. The summed E-state index contributed by atoms with van der Waals surface area (Å²) in [6.07, 6.45) is 4.36. The van der Waals surface area contributed by atoms with E-state index in [-0.39, 0.29) is 43.1 Å². The molecule has 0 radical (unpaired) electrons. The van der Waals surface area contributed by atoms with Crippen molar-refractivity contribution in [2.45, 2.75) is 32.4 Å². The van der Waals surface area contributed by atoms with Crippen LogP contribution in [0, 0.1) is 6.92 Å². The van der Waals surface area contributed by atoms with Gasteiger partial charge in [0.2, 0.25) is 0 Å². The van der Waals surface area contributed by atoms with Crippen molar-refractivity contribution in [2.75, 3.05) is 18.5 Å². The standard InChI is InChI=1S/C31H28N6O6/c1-3-12-42-31(41)20-5-6-21-19(17(20)2)7-8-22(21)36-30(40)25-14-24(34-27-10-11-33-37(25)27)29(39)32-15-18-4-9-26-23(13-18)35-28(38)16-43-26/h3-6,9-11,13-14,22H,1,7-8,12,15-16H2,2H3,(H,32,39)(H,35,38)(H,36,40)/t22-/m0/s1. The number of fused-ring (bicyclic) bond motifs is 3. The summed E-state index contributed by atoms with van der Waals surface area (Å²) in [6.45, 7) is 5.70. The van der Waals surface area contributed by atoms with Crippen molar-refractivity contribution < 1.29 is 28.7 Å². The predicted molar refractivity (Wildman–Crippen MR) is 155 cm³/mol. The summed E-state index contributed by atoms with van der Waals surface area (Å²) < 4.78 is 12.0. The number of carbonyl (C=O) groups excluding carboxylic acids is 4. The van der Waals surface area contributed by atoms with Gasteiger partial charge < -0.3 is 25.4 Å². The van der Waals surface area contributed by atoms with E-state index in [1.54, 1.807) is 30.3 Å². The Hall–Kier alpha value is -5.52. The van der Waals surface area contributed by atoms with Gasteiger partial charge in [0.15, 0.2) is 12.3 Å². The van der Waals surface area contributed by atoms with Gasteiger partial charge in [-0.2, -0.15) is 5.10 Å². The van der Waals surface area contributed by atoms with Gasteiger partial charge in [0.25, 0.3) is 17.7 Å². The van der Waals surface area contributed by atoms with Gasteiger partial charge in [0, 0.05) is 18.7 Å². The van der Waals surface area contributed by atoms with Crippen LogP contribution in [0.2, 0.25) is 0 Å². The lowest BCUT2D eigenvalue weighted by Gasteiger charge is -2.18. The summed E-state index contributed by atoms with van der Waals surface area (Å²) >= 11 is 0. The van der Waals surface area contributed by atoms with E-state index in [4.69, 9.17) is 9.47 Å². The highest BCUT2D eigenvalue weighted by Crippen LogP contribution is 2.35. The first-order chi connectivity index (χ1) is 20.8. The summed E-state index contributed by atoms with van der Waals surface area (Å²) in [7, 11) is 0. The van der Waals surface area contributed by atoms with Crippen molar-refractivity contribution >= 4 is 35.0 Å². The molecule has 1 aliphatic heterocycles. The van der Waals surface area contributed by atoms with Crippen LogP contribution in [0.5, 0.6) is 5.75 Å². The zero-order chi connectivity index (χ0) is 30.1. The number of nitrogens with one attached hydrogen (secondary N) is 3. The third-order valence-corrected chi connectivity index (χ3v) is 7.51. The zero-order valence-corrected chi connectivity index (χ0v) is 23.3. The van der Waals surface area contributed by atoms with E-state index in [2.05, 4.69) is 32.6 Å². The first-order valence-corrected chi connectivity index (χ1v) is 13.7. The summed E-state index contributed by atoms with van der Waals surface area (Å²) in [5.74, 6) is -0.995. The molecule has 1 atom stereocenters. The van der Waals surface area contributed by atoms with Crippen LogP contribution in [0.15, 0.2) is 61.3 Å². The highest BCUT2D eigenvalue weighted by molar-refractivity contribution is 5.99. The smallest absolute Gasteiger partial charge is 0.338 e. The van der Waals surface area contributed by atoms with Gasteiger partial charge in [-0.1, -0.05) is 24.8 Å². The van der Waals surface area contributed by atoms with Gasteiger partial charge in [-0.05, 0) is 60.2 Å². The normalized spacial score (nSPS) is 15.1. The second-order valence-corrected chi connectivity index (χ2v) is 10.2. The number of ether oxygens (including phenoxy) is 2. The topological polar surface area (TPSA) is 153 Å². The second kappa shape index (κ2) is 11.4. The molecule has 6 rings (SSSR count). The van der Waals surface area contributed by atoms with Crippen LogP contribution in [0.4, 0.5) is 5.69 Å². The molecule has 0 fully saturated rings. The number of esters is 1. The van der Waals surface area contributed by atoms with Gasteiger partial charge in [-0.25, -0.2) is 14.3 Å². The number of hydrogen-bond acceptors (Lipinski definition) is 8.